The number of hydrogen-bond donors (Lipinski definition) is 1. The van der Waals surface area contributed by atoms with Crippen LogP contribution in [0.5, 0.6) is 0 Å². The standard InChI is InChI=1S/C17H32N2O/c1-4-7-14-19(15-8-5-2)16(20)18-17(6-3)12-10-9-11-13-17/h6H,3-5,7-15H2,1-2H3,(H,18,20). The predicted molar refractivity (Wildman–Crippen MR) is 85.9 cm³/mol. The van der Waals surface area contributed by atoms with Gasteiger partial charge in [-0.3, -0.25) is 0 Å². The Morgan fingerprint density at radius 3 is 2.15 bits per heavy atom. The number of nitrogens with zero attached hydrogens (tertiary/aromatic N) is 1. The van der Waals surface area contributed by atoms with Crippen molar-refractivity contribution >= 4 is 6.03 Å². The Kier molecular flexibility index (Phi) is 7.71. The van der Waals surface area contributed by atoms with Crippen molar-refractivity contribution < 1.29 is 4.79 Å². The largest absolute Gasteiger partial charge is 0.329 e. The van der Waals surface area contributed by atoms with Crippen LogP contribution < -0.4 is 5.32 Å². The number of carbonyl (C=O) groups is 1. The van der Waals surface area contributed by atoms with Gasteiger partial charge in [0.05, 0.1) is 5.54 Å². The summed E-state index contributed by atoms with van der Waals surface area (Å²) in [6.45, 7) is 10.0. The van der Waals surface area contributed by atoms with Gasteiger partial charge in [-0.2, -0.15) is 0 Å². The molecule has 3 heteroatoms. The zero-order valence-electron chi connectivity index (χ0n) is 13.4. The van der Waals surface area contributed by atoms with E-state index in [0.29, 0.717) is 0 Å². The van der Waals surface area contributed by atoms with Crippen LogP contribution >= 0.6 is 0 Å². The van der Waals surface area contributed by atoms with E-state index in [4.69, 9.17) is 0 Å². The van der Waals surface area contributed by atoms with Crippen LogP contribution in [0, 0.1) is 0 Å². The molecule has 116 valence electrons. The van der Waals surface area contributed by atoms with Crippen molar-refractivity contribution in [2.45, 2.75) is 77.2 Å². The molecule has 0 aliphatic heterocycles. The molecule has 0 heterocycles. The molecule has 0 bridgehead atoms. The molecule has 1 aliphatic rings. The molecule has 1 N–H and O–H groups in total. The lowest BCUT2D eigenvalue weighted by molar-refractivity contribution is 0.178. The third-order valence-corrected chi connectivity index (χ3v) is 4.34. The van der Waals surface area contributed by atoms with E-state index in [1.165, 1.54) is 19.3 Å². The smallest absolute Gasteiger partial charge is 0.318 e. The van der Waals surface area contributed by atoms with E-state index in [2.05, 4.69) is 25.7 Å². The van der Waals surface area contributed by atoms with Crippen LogP contribution in [-0.2, 0) is 0 Å². The summed E-state index contributed by atoms with van der Waals surface area (Å²) in [5.74, 6) is 0. The number of unbranched alkanes of at least 4 members (excludes halogenated alkanes) is 2. The highest BCUT2D eigenvalue weighted by molar-refractivity contribution is 5.75. The first-order valence-corrected chi connectivity index (χ1v) is 8.38. The lowest BCUT2D eigenvalue weighted by Crippen LogP contribution is -2.53. The maximum Gasteiger partial charge on any atom is 0.318 e. The van der Waals surface area contributed by atoms with Gasteiger partial charge < -0.3 is 10.2 Å². The Bertz CT molecular complexity index is 287. The molecule has 2 amide bonds. The highest BCUT2D eigenvalue weighted by Gasteiger charge is 2.31. The molecule has 0 aromatic carbocycles. The van der Waals surface area contributed by atoms with E-state index < -0.39 is 0 Å². The summed E-state index contributed by atoms with van der Waals surface area (Å²) in [6, 6.07) is 0.105. The van der Waals surface area contributed by atoms with Gasteiger partial charge in [0.1, 0.15) is 0 Å². The van der Waals surface area contributed by atoms with Crippen molar-refractivity contribution in [3.63, 3.8) is 0 Å². The van der Waals surface area contributed by atoms with Crippen molar-refractivity contribution in [1.82, 2.24) is 10.2 Å². The van der Waals surface area contributed by atoms with Crippen LogP contribution in [0.4, 0.5) is 4.79 Å². The summed E-state index contributed by atoms with van der Waals surface area (Å²) in [7, 11) is 0. The molecule has 0 spiro atoms. The second-order valence-electron chi connectivity index (χ2n) is 6.05. The van der Waals surface area contributed by atoms with Crippen molar-refractivity contribution in [3.05, 3.63) is 12.7 Å². The van der Waals surface area contributed by atoms with Crippen LogP contribution in [0.3, 0.4) is 0 Å². The second kappa shape index (κ2) is 9.04. The van der Waals surface area contributed by atoms with Crippen LogP contribution in [0.15, 0.2) is 12.7 Å². The van der Waals surface area contributed by atoms with Gasteiger partial charge >= 0.3 is 6.03 Å². The van der Waals surface area contributed by atoms with Crippen molar-refractivity contribution in [2.75, 3.05) is 13.1 Å². The molecule has 0 radical (unpaired) electrons. The summed E-state index contributed by atoms with van der Waals surface area (Å²) >= 11 is 0. The number of amides is 2. The van der Waals surface area contributed by atoms with E-state index >= 15 is 0 Å². The Morgan fingerprint density at radius 1 is 1.15 bits per heavy atom. The quantitative estimate of drug-likeness (QED) is 0.653. The van der Waals surface area contributed by atoms with Gasteiger partial charge in [-0.1, -0.05) is 52.0 Å². The molecule has 1 saturated carbocycles. The van der Waals surface area contributed by atoms with Gasteiger partial charge in [-0.15, -0.1) is 6.58 Å². The van der Waals surface area contributed by atoms with Gasteiger partial charge in [-0.05, 0) is 25.7 Å². The third kappa shape index (κ3) is 5.18. The molecular weight excluding hydrogens is 248 g/mol. The first-order chi connectivity index (χ1) is 9.67. The Hall–Kier alpha value is -0.990. The Morgan fingerprint density at radius 2 is 1.70 bits per heavy atom. The van der Waals surface area contributed by atoms with E-state index in [0.717, 1.165) is 51.6 Å². The topological polar surface area (TPSA) is 32.3 Å². The molecule has 0 aromatic rings. The van der Waals surface area contributed by atoms with Gasteiger partial charge in [-0.25, -0.2) is 4.79 Å². The number of rotatable bonds is 8. The molecule has 0 unspecified atom stereocenters. The van der Waals surface area contributed by atoms with E-state index in [1.54, 1.807) is 0 Å². The SMILES string of the molecule is C=CC1(NC(=O)N(CCCC)CCCC)CCCCC1. The predicted octanol–water partition coefficient (Wildman–Crippen LogP) is 4.49. The minimum atomic E-state index is -0.161. The van der Waals surface area contributed by atoms with Crippen molar-refractivity contribution in [3.8, 4) is 0 Å². The fraction of sp³-hybridized carbons (Fsp3) is 0.824. The molecular formula is C17H32N2O. The van der Waals surface area contributed by atoms with Crippen LogP contribution in [0.1, 0.15) is 71.6 Å². The van der Waals surface area contributed by atoms with Crippen LogP contribution in [0.2, 0.25) is 0 Å². The summed E-state index contributed by atoms with van der Waals surface area (Å²) < 4.78 is 0. The summed E-state index contributed by atoms with van der Waals surface area (Å²) in [5.41, 5.74) is -0.161. The first kappa shape index (κ1) is 17.1. The highest BCUT2D eigenvalue weighted by Crippen LogP contribution is 2.29. The summed E-state index contributed by atoms with van der Waals surface area (Å²) in [4.78, 5) is 14.5. The Balaban J connectivity index is 2.59. The number of urea groups is 1. The average molecular weight is 280 g/mol. The maximum atomic E-state index is 12.6. The van der Waals surface area contributed by atoms with Crippen LogP contribution in [-0.4, -0.2) is 29.6 Å². The highest BCUT2D eigenvalue weighted by atomic mass is 16.2. The second-order valence-corrected chi connectivity index (χ2v) is 6.05. The maximum absolute atomic E-state index is 12.6. The lowest BCUT2D eigenvalue weighted by atomic mass is 9.82. The molecule has 3 nitrogen and oxygen atoms in total. The number of carbonyl (C=O) groups excluding carboxylic acids is 1. The monoisotopic (exact) mass is 280 g/mol. The van der Waals surface area contributed by atoms with E-state index in [9.17, 15) is 4.79 Å². The minimum Gasteiger partial charge on any atom is -0.329 e. The molecule has 0 saturated heterocycles. The average Bonchev–Trinajstić information content (AvgIpc) is 2.48. The molecule has 1 fully saturated rings. The van der Waals surface area contributed by atoms with E-state index in [1.807, 2.05) is 11.0 Å². The zero-order valence-corrected chi connectivity index (χ0v) is 13.4. The van der Waals surface area contributed by atoms with Crippen molar-refractivity contribution in [1.29, 1.82) is 0 Å². The Labute approximate surface area is 124 Å². The van der Waals surface area contributed by atoms with Gasteiger partial charge in [0.2, 0.25) is 0 Å². The van der Waals surface area contributed by atoms with Gasteiger partial charge in [0, 0.05) is 13.1 Å². The minimum absolute atomic E-state index is 0.105. The van der Waals surface area contributed by atoms with E-state index in [-0.39, 0.29) is 11.6 Å². The fourth-order valence-electron chi connectivity index (χ4n) is 2.87. The van der Waals surface area contributed by atoms with Gasteiger partial charge in [0.15, 0.2) is 0 Å². The molecule has 0 atom stereocenters. The number of hydrogen-bond acceptors (Lipinski definition) is 1. The summed E-state index contributed by atoms with van der Waals surface area (Å²) in [6.07, 6.45) is 12.1. The molecule has 0 aromatic heterocycles. The molecule has 1 aliphatic carbocycles. The first-order valence-electron chi connectivity index (χ1n) is 8.38. The summed E-state index contributed by atoms with van der Waals surface area (Å²) in [5, 5.41) is 3.27. The fourth-order valence-corrected chi connectivity index (χ4v) is 2.87. The van der Waals surface area contributed by atoms with Crippen molar-refractivity contribution in [2.24, 2.45) is 0 Å². The third-order valence-electron chi connectivity index (χ3n) is 4.34. The molecule has 1 rings (SSSR count). The zero-order chi connectivity index (χ0) is 14.8. The van der Waals surface area contributed by atoms with Gasteiger partial charge in [0.25, 0.3) is 0 Å². The lowest BCUT2D eigenvalue weighted by Gasteiger charge is -2.37. The number of nitrogens with one attached hydrogen (secondary N) is 1. The van der Waals surface area contributed by atoms with Crippen LogP contribution in [0.25, 0.3) is 0 Å². The molecule has 20 heavy (non-hydrogen) atoms. The normalized spacial score (nSPS) is 17.5.